The zero-order chi connectivity index (χ0) is 17.4. The molecule has 25 heavy (non-hydrogen) atoms. The maximum atomic E-state index is 12.9. The SMILES string of the molecule is Cn1nc2c(cc1=O)CN(CC(=O)N1CCO[C@@H]3CCCC[C@H]31)CC2. The quantitative estimate of drug-likeness (QED) is 0.771. The van der Waals surface area contributed by atoms with Gasteiger partial charge in [-0.3, -0.25) is 14.5 Å². The van der Waals surface area contributed by atoms with E-state index >= 15 is 0 Å². The lowest BCUT2D eigenvalue weighted by Gasteiger charge is -2.44. The van der Waals surface area contributed by atoms with Crippen LogP contribution in [0.4, 0.5) is 0 Å². The van der Waals surface area contributed by atoms with Gasteiger partial charge in [-0.1, -0.05) is 12.8 Å². The van der Waals surface area contributed by atoms with Crippen molar-refractivity contribution in [2.75, 3.05) is 26.2 Å². The highest BCUT2D eigenvalue weighted by atomic mass is 16.5. The van der Waals surface area contributed by atoms with Gasteiger partial charge in [0.25, 0.3) is 5.56 Å². The first-order valence-corrected chi connectivity index (χ1v) is 9.31. The topological polar surface area (TPSA) is 67.7 Å². The number of aryl methyl sites for hydroxylation is 1. The van der Waals surface area contributed by atoms with Crippen LogP contribution in [0.1, 0.15) is 36.9 Å². The van der Waals surface area contributed by atoms with Crippen molar-refractivity contribution in [2.45, 2.75) is 50.8 Å². The van der Waals surface area contributed by atoms with Crippen molar-refractivity contribution in [3.63, 3.8) is 0 Å². The number of ether oxygens (including phenoxy) is 1. The van der Waals surface area contributed by atoms with Crippen molar-refractivity contribution in [3.05, 3.63) is 27.7 Å². The van der Waals surface area contributed by atoms with Crippen molar-refractivity contribution in [1.29, 1.82) is 0 Å². The van der Waals surface area contributed by atoms with Gasteiger partial charge in [-0.25, -0.2) is 4.68 Å². The van der Waals surface area contributed by atoms with Crippen LogP contribution in [-0.2, 0) is 29.5 Å². The standard InChI is InChI=1S/C18H26N4O3/c1-20-17(23)10-13-11-21(7-6-14(13)19-20)12-18(24)22-8-9-25-16-5-3-2-4-15(16)22/h10,15-16H,2-9,11-12H2,1H3/t15-,16-/m1/s1. The average molecular weight is 346 g/mol. The molecule has 0 unspecified atom stereocenters. The lowest BCUT2D eigenvalue weighted by atomic mass is 9.90. The zero-order valence-electron chi connectivity index (χ0n) is 14.8. The van der Waals surface area contributed by atoms with Crippen LogP contribution in [0.25, 0.3) is 0 Å². The Morgan fingerprint density at radius 1 is 1.32 bits per heavy atom. The molecule has 1 aromatic rings. The van der Waals surface area contributed by atoms with E-state index in [1.807, 2.05) is 4.90 Å². The van der Waals surface area contributed by atoms with Gasteiger partial charge in [-0.2, -0.15) is 5.10 Å². The number of amides is 1. The van der Waals surface area contributed by atoms with Gasteiger partial charge in [-0.05, 0) is 18.4 Å². The number of morpholine rings is 1. The van der Waals surface area contributed by atoms with Crippen LogP contribution in [0.5, 0.6) is 0 Å². The van der Waals surface area contributed by atoms with Crippen molar-refractivity contribution >= 4 is 5.91 Å². The number of carbonyl (C=O) groups is 1. The third-order valence-electron chi connectivity index (χ3n) is 5.73. The summed E-state index contributed by atoms with van der Waals surface area (Å²) >= 11 is 0. The van der Waals surface area contributed by atoms with Gasteiger partial charge in [0.1, 0.15) is 0 Å². The van der Waals surface area contributed by atoms with Gasteiger partial charge in [0.2, 0.25) is 5.91 Å². The summed E-state index contributed by atoms with van der Waals surface area (Å²) in [6.45, 7) is 3.20. The Labute approximate surface area is 147 Å². The number of nitrogens with zero attached hydrogens (tertiary/aromatic N) is 4. The van der Waals surface area contributed by atoms with E-state index in [9.17, 15) is 9.59 Å². The number of hydrogen-bond donors (Lipinski definition) is 0. The Morgan fingerprint density at radius 3 is 3.04 bits per heavy atom. The van der Waals surface area contributed by atoms with Crippen molar-refractivity contribution in [3.8, 4) is 0 Å². The second-order valence-electron chi connectivity index (χ2n) is 7.39. The lowest BCUT2D eigenvalue weighted by molar-refractivity contribution is -0.150. The van der Waals surface area contributed by atoms with Gasteiger partial charge in [0, 0.05) is 39.2 Å². The Balaban J connectivity index is 1.42. The largest absolute Gasteiger partial charge is 0.374 e. The summed E-state index contributed by atoms with van der Waals surface area (Å²) in [5.41, 5.74) is 1.84. The molecule has 7 heteroatoms. The minimum atomic E-state index is -0.0925. The molecule has 2 fully saturated rings. The predicted octanol–water partition coefficient (Wildman–Crippen LogP) is 0.308. The van der Waals surface area contributed by atoms with Crippen molar-refractivity contribution in [1.82, 2.24) is 19.6 Å². The highest BCUT2D eigenvalue weighted by molar-refractivity contribution is 5.78. The maximum absolute atomic E-state index is 12.9. The van der Waals surface area contributed by atoms with Crippen LogP contribution < -0.4 is 5.56 Å². The summed E-state index contributed by atoms with van der Waals surface area (Å²) in [4.78, 5) is 28.9. The summed E-state index contributed by atoms with van der Waals surface area (Å²) in [5, 5.41) is 4.34. The van der Waals surface area contributed by atoms with Crippen LogP contribution in [0, 0.1) is 0 Å². The molecule has 3 heterocycles. The number of fused-ring (bicyclic) bond motifs is 2. The Kier molecular flexibility index (Phi) is 4.60. The van der Waals surface area contributed by atoms with Gasteiger partial charge in [0.15, 0.2) is 0 Å². The molecule has 1 aliphatic carbocycles. The highest BCUT2D eigenvalue weighted by Gasteiger charge is 2.37. The molecule has 0 bridgehead atoms. The first-order chi connectivity index (χ1) is 12.1. The summed E-state index contributed by atoms with van der Waals surface area (Å²) < 4.78 is 7.26. The smallest absolute Gasteiger partial charge is 0.266 e. The van der Waals surface area contributed by atoms with E-state index in [-0.39, 0.29) is 23.6 Å². The van der Waals surface area contributed by atoms with Crippen LogP contribution in [-0.4, -0.2) is 63.9 Å². The molecule has 1 amide bonds. The van der Waals surface area contributed by atoms with E-state index in [0.29, 0.717) is 26.2 Å². The molecule has 2 atom stereocenters. The van der Waals surface area contributed by atoms with Crippen LogP contribution in [0.15, 0.2) is 10.9 Å². The Bertz CT molecular complexity index is 715. The molecule has 1 aromatic heterocycles. The van der Waals surface area contributed by atoms with Gasteiger partial charge < -0.3 is 9.64 Å². The fraction of sp³-hybridized carbons (Fsp3) is 0.722. The monoisotopic (exact) mass is 346 g/mol. The fourth-order valence-corrected chi connectivity index (χ4v) is 4.37. The number of aromatic nitrogens is 2. The summed E-state index contributed by atoms with van der Waals surface area (Å²) in [5.74, 6) is 0.195. The third-order valence-corrected chi connectivity index (χ3v) is 5.73. The summed E-state index contributed by atoms with van der Waals surface area (Å²) in [6, 6.07) is 1.91. The zero-order valence-corrected chi connectivity index (χ0v) is 14.8. The first-order valence-electron chi connectivity index (χ1n) is 9.31. The molecule has 1 saturated carbocycles. The fourth-order valence-electron chi connectivity index (χ4n) is 4.37. The van der Waals surface area contributed by atoms with E-state index < -0.39 is 0 Å². The minimum absolute atomic E-state index is 0.0925. The molecular weight excluding hydrogens is 320 g/mol. The van der Waals surface area contributed by atoms with Gasteiger partial charge in [0.05, 0.1) is 31.0 Å². The second kappa shape index (κ2) is 6.88. The normalized spacial score (nSPS) is 26.8. The number of carbonyl (C=O) groups excluding carboxylic acids is 1. The van der Waals surface area contributed by atoms with E-state index in [1.54, 1.807) is 13.1 Å². The molecule has 0 radical (unpaired) electrons. The van der Waals surface area contributed by atoms with Crippen molar-refractivity contribution in [2.24, 2.45) is 7.05 Å². The van der Waals surface area contributed by atoms with Crippen LogP contribution in [0.3, 0.4) is 0 Å². The van der Waals surface area contributed by atoms with E-state index in [2.05, 4.69) is 10.00 Å². The van der Waals surface area contributed by atoms with E-state index in [1.165, 1.54) is 17.5 Å². The van der Waals surface area contributed by atoms with E-state index in [0.717, 1.165) is 37.1 Å². The van der Waals surface area contributed by atoms with Crippen LogP contribution >= 0.6 is 0 Å². The predicted molar refractivity (Wildman–Crippen MR) is 92.2 cm³/mol. The Morgan fingerprint density at radius 2 is 2.16 bits per heavy atom. The summed E-state index contributed by atoms with van der Waals surface area (Å²) in [7, 11) is 1.68. The first kappa shape index (κ1) is 16.7. The third kappa shape index (κ3) is 3.35. The van der Waals surface area contributed by atoms with Gasteiger partial charge >= 0.3 is 0 Å². The number of hydrogen-bond acceptors (Lipinski definition) is 5. The van der Waals surface area contributed by atoms with Crippen LogP contribution in [0.2, 0.25) is 0 Å². The lowest BCUT2D eigenvalue weighted by Crippen LogP contribution is -2.57. The van der Waals surface area contributed by atoms with E-state index in [4.69, 9.17) is 4.74 Å². The molecule has 1 saturated heterocycles. The minimum Gasteiger partial charge on any atom is -0.374 e. The average Bonchev–Trinajstić information content (AvgIpc) is 2.62. The van der Waals surface area contributed by atoms with Crippen molar-refractivity contribution < 1.29 is 9.53 Å². The molecule has 0 spiro atoms. The Hall–Kier alpha value is -1.73. The molecule has 7 nitrogen and oxygen atoms in total. The number of rotatable bonds is 2. The molecule has 4 rings (SSSR count). The maximum Gasteiger partial charge on any atom is 0.266 e. The molecular formula is C18H26N4O3. The molecule has 136 valence electrons. The molecule has 0 N–H and O–H groups in total. The summed E-state index contributed by atoms with van der Waals surface area (Å²) in [6.07, 6.45) is 5.51. The highest BCUT2D eigenvalue weighted by Crippen LogP contribution is 2.28. The molecule has 0 aromatic carbocycles. The second-order valence-corrected chi connectivity index (χ2v) is 7.39. The molecule has 3 aliphatic rings. The van der Waals surface area contributed by atoms with Gasteiger partial charge in [-0.15, -0.1) is 0 Å². The molecule has 2 aliphatic heterocycles.